The molecule has 132 valence electrons. The second-order valence-electron chi connectivity index (χ2n) is 5.89. The highest BCUT2D eigenvalue weighted by Crippen LogP contribution is 2.25. The molecule has 1 aromatic heterocycles. The number of nitrogens with zero attached hydrogens (tertiary/aromatic N) is 5. The summed E-state index contributed by atoms with van der Waals surface area (Å²) in [6.07, 6.45) is 0.883. The van der Waals surface area contributed by atoms with E-state index in [4.69, 9.17) is 17.3 Å². The van der Waals surface area contributed by atoms with Crippen LogP contribution in [0.15, 0.2) is 18.2 Å². The lowest BCUT2D eigenvalue weighted by Crippen LogP contribution is -2.45. The summed E-state index contributed by atoms with van der Waals surface area (Å²) in [4.78, 5) is 27.5. The molecule has 0 unspecified atom stereocenters. The maximum atomic E-state index is 10.8. The first-order chi connectivity index (χ1) is 12.0. The van der Waals surface area contributed by atoms with Crippen molar-refractivity contribution in [3.63, 3.8) is 0 Å². The molecular formula is C16H20ClN7O. The lowest BCUT2D eigenvalue weighted by atomic mass is 10.2. The van der Waals surface area contributed by atoms with E-state index in [1.807, 2.05) is 25.1 Å². The van der Waals surface area contributed by atoms with E-state index in [0.29, 0.717) is 36.4 Å². The molecule has 1 fully saturated rings. The molecule has 0 bridgehead atoms. The van der Waals surface area contributed by atoms with Gasteiger partial charge in [-0.3, -0.25) is 9.69 Å². The van der Waals surface area contributed by atoms with Gasteiger partial charge in [0.1, 0.15) is 5.82 Å². The van der Waals surface area contributed by atoms with Gasteiger partial charge in [-0.2, -0.15) is 15.0 Å². The topological polar surface area (TPSA) is 100 Å². The van der Waals surface area contributed by atoms with Crippen molar-refractivity contribution in [3.05, 3.63) is 34.6 Å². The second-order valence-corrected chi connectivity index (χ2v) is 6.30. The van der Waals surface area contributed by atoms with Crippen LogP contribution >= 0.6 is 11.6 Å². The van der Waals surface area contributed by atoms with Crippen molar-refractivity contribution in [2.45, 2.75) is 13.5 Å². The average Bonchev–Trinajstić information content (AvgIpc) is 2.59. The summed E-state index contributed by atoms with van der Waals surface area (Å²) in [6.45, 7) is 5.44. The molecule has 1 aliphatic rings. The minimum atomic E-state index is 0.165. The monoisotopic (exact) mass is 361 g/mol. The van der Waals surface area contributed by atoms with Gasteiger partial charge in [-0.25, -0.2) is 0 Å². The predicted molar refractivity (Wildman–Crippen MR) is 96.6 cm³/mol. The molecule has 1 amide bonds. The quantitative estimate of drug-likeness (QED) is 0.777. The molecule has 1 aromatic carbocycles. The molecule has 25 heavy (non-hydrogen) atoms. The zero-order valence-corrected chi connectivity index (χ0v) is 14.7. The first kappa shape index (κ1) is 17.4. The molecule has 3 N–H and O–H groups in total. The minimum absolute atomic E-state index is 0.165. The van der Waals surface area contributed by atoms with E-state index in [-0.39, 0.29) is 5.95 Å². The van der Waals surface area contributed by atoms with Crippen molar-refractivity contribution in [2.75, 3.05) is 37.2 Å². The molecule has 0 saturated carbocycles. The molecule has 3 rings (SSSR count). The summed E-state index contributed by atoms with van der Waals surface area (Å²) in [6, 6.07) is 5.59. The van der Waals surface area contributed by atoms with E-state index in [1.54, 1.807) is 4.90 Å². The number of carbonyl (C=O) groups is 1. The number of nitrogens with one attached hydrogen (secondary N) is 1. The van der Waals surface area contributed by atoms with Crippen LogP contribution in [0.4, 0.5) is 17.6 Å². The number of piperazine rings is 1. The van der Waals surface area contributed by atoms with Crippen LogP contribution in [0.5, 0.6) is 0 Å². The predicted octanol–water partition coefficient (Wildman–Crippen LogP) is 1.43. The number of benzene rings is 1. The van der Waals surface area contributed by atoms with Gasteiger partial charge in [-0.05, 0) is 24.6 Å². The fourth-order valence-corrected chi connectivity index (χ4v) is 2.83. The van der Waals surface area contributed by atoms with Gasteiger partial charge >= 0.3 is 0 Å². The largest absolute Gasteiger partial charge is 0.368 e. The van der Waals surface area contributed by atoms with Crippen LogP contribution in [0.1, 0.15) is 11.4 Å². The van der Waals surface area contributed by atoms with E-state index < -0.39 is 0 Å². The summed E-state index contributed by atoms with van der Waals surface area (Å²) in [7, 11) is 0. The smallest absolute Gasteiger partial charge is 0.232 e. The Balaban J connectivity index is 1.72. The molecule has 2 heterocycles. The number of amides is 1. The van der Waals surface area contributed by atoms with Crippen molar-refractivity contribution >= 4 is 35.6 Å². The van der Waals surface area contributed by atoms with Gasteiger partial charge in [0, 0.05) is 36.9 Å². The lowest BCUT2D eigenvalue weighted by molar-refractivity contribution is -0.119. The Morgan fingerprint density at radius 2 is 2.00 bits per heavy atom. The van der Waals surface area contributed by atoms with E-state index in [0.717, 1.165) is 30.8 Å². The fourth-order valence-electron chi connectivity index (χ4n) is 2.65. The molecule has 0 spiro atoms. The highest BCUT2D eigenvalue weighted by Gasteiger charge is 2.17. The molecule has 1 saturated heterocycles. The third kappa shape index (κ3) is 4.34. The Morgan fingerprint density at radius 3 is 2.72 bits per heavy atom. The summed E-state index contributed by atoms with van der Waals surface area (Å²) >= 11 is 6.14. The molecule has 2 aromatic rings. The van der Waals surface area contributed by atoms with Gasteiger partial charge in [-0.15, -0.1) is 0 Å². The van der Waals surface area contributed by atoms with Crippen LogP contribution < -0.4 is 11.1 Å². The number of carbonyl (C=O) groups excluding carboxylic acids is 1. The average molecular weight is 362 g/mol. The standard InChI is InChI=1S/C16H20ClN7O/c1-11-12(17)3-2-4-13(11)19-16-21-14(20-15(18)22-16)9-23-5-7-24(10-25)8-6-23/h2-4,10H,5-9H2,1H3,(H3,18,19,20,21,22). The first-order valence-corrected chi connectivity index (χ1v) is 8.37. The summed E-state index contributed by atoms with van der Waals surface area (Å²) in [5, 5.41) is 3.81. The van der Waals surface area contributed by atoms with Gasteiger partial charge in [0.05, 0.1) is 6.54 Å². The van der Waals surface area contributed by atoms with Gasteiger partial charge in [-0.1, -0.05) is 17.7 Å². The van der Waals surface area contributed by atoms with Crippen molar-refractivity contribution in [1.82, 2.24) is 24.8 Å². The molecule has 9 heteroatoms. The second kappa shape index (κ2) is 7.62. The van der Waals surface area contributed by atoms with Gasteiger partial charge < -0.3 is 16.0 Å². The highest BCUT2D eigenvalue weighted by molar-refractivity contribution is 6.31. The zero-order valence-electron chi connectivity index (χ0n) is 13.9. The van der Waals surface area contributed by atoms with E-state index in [9.17, 15) is 4.79 Å². The van der Waals surface area contributed by atoms with Crippen LogP contribution in [0.2, 0.25) is 5.02 Å². The first-order valence-electron chi connectivity index (χ1n) is 7.99. The number of hydrogen-bond donors (Lipinski definition) is 2. The maximum absolute atomic E-state index is 10.8. The number of rotatable bonds is 5. The molecule has 0 atom stereocenters. The summed E-state index contributed by atoms with van der Waals surface area (Å²) in [5.74, 6) is 1.15. The summed E-state index contributed by atoms with van der Waals surface area (Å²) in [5.41, 5.74) is 7.56. The third-order valence-electron chi connectivity index (χ3n) is 4.13. The lowest BCUT2D eigenvalue weighted by Gasteiger charge is -2.31. The Hall–Kier alpha value is -2.45. The number of aromatic nitrogens is 3. The Morgan fingerprint density at radius 1 is 1.24 bits per heavy atom. The fraction of sp³-hybridized carbons (Fsp3) is 0.375. The molecule has 8 nitrogen and oxygen atoms in total. The Kier molecular flexibility index (Phi) is 5.30. The molecular weight excluding hydrogens is 342 g/mol. The van der Waals surface area contributed by atoms with Crippen LogP contribution in [-0.2, 0) is 11.3 Å². The molecule has 0 radical (unpaired) electrons. The van der Waals surface area contributed by atoms with Crippen LogP contribution in [0.3, 0.4) is 0 Å². The van der Waals surface area contributed by atoms with E-state index in [2.05, 4.69) is 25.2 Å². The molecule has 1 aliphatic heterocycles. The zero-order chi connectivity index (χ0) is 17.8. The third-order valence-corrected chi connectivity index (χ3v) is 4.54. The summed E-state index contributed by atoms with van der Waals surface area (Å²) < 4.78 is 0. The SMILES string of the molecule is Cc1c(Cl)cccc1Nc1nc(N)nc(CN2CCN(C=O)CC2)n1. The van der Waals surface area contributed by atoms with Crippen LogP contribution in [-0.4, -0.2) is 57.3 Å². The Labute approximate surface area is 151 Å². The normalized spacial score (nSPS) is 15.2. The molecule has 0 aliphatic carbocycles. The maximum Gasteiger partial charge on any atom is 0.232 e. The van der Waals surface area contributed by atoms with Gasteiger partial charge in [0.15, 0.2) is 0 Å². The van der Waals surface area contributed by atoms with Crippen LogP contribution in [0, 0.1) is 6.92 Å². The number of hydrogen-bond acceptors (Lipinski definition) is 7. The van der Waals surface area contributed by atoms with E-state index in [1.165, 1.54) is 0 Å². The number of anilines is 3. The number of nitrogen functional groups attached to an aromatic ring is 1. The van der Waals surface area contributed by atoms with E-state index >= 15 is 0 Å². The Bertz CT molecular complexity index is 762. The van der Waals surface area contributed by atoms with Gasteiger partial charge in [0.2, 0.25) is 18.3 Å². The highest BCUT2D eigenvalue weighted by atomic mass is 35.5. The van der Waals surface area contributed by atoms with Crippen molar-refractivity contribution in [1.29, 1.82) is 0 Å². The number of halogens is 1. The van der Waals surface area contributed by atoms with Crippen molar-refractivity contribution in [3.8, 4) is 0 Å². The minimum Gasteiger partial charge on any atom is -0.368 e. The van der Waals surface area contributed by atoms with Gasteiger partial charge in [0.25, 0.3) is 0 Å². The number of nitrogens with two attached hydrogens (primary N) is 1. The van der Waals surface area contributed by atoms with Crippen molar-refractivity contribution < 1.29 is 4.79 Å². The van der Waals surface area contributed by atoms with Crippen LogP contribution in [0.25, 0.3) is 0 Å². The van der Waals surface area contributed by atoms with Crippen molar-refractivity contribution in [2.24, 2.45) is 0 Å².